The molecule has 2 heterocycles. The van der Waals surface area contributed by atoms with Crippen LogP contribution in [-0.4, -0.2) is 17.1 Å². The molecule has 1 fully saturated rings. The molecule has 110 valence electrons. The van der Waals surface area contributed by atoms with Crippen LogP contribution in [0.1, 0.15) is 31.2 Å². The molecule has 0 atom stereocenters. The maximum atomic E-state index is 11.8. The van der Waals surface area contributed by atoms with Crippen LogP contribution in [0.5, 0.6) is 0 Å². The van der Waals surface area contributed by atoms with E-state index in [-0.39, 0.29) is 6.03 Å². The first-order valence-corrected chi connectivity index (χ1v) is 7.33. The Bertz CT molecular complexity index is 572. The van der Waals surface area contributed by atoms with Crippen molar-refractivity contribution in [3.63, 3.8) is 0 Å². The van der Waals surface area contributed by atoms with Crippen LogP contribution in [0.15, 0.2) is 41.3 Å². The Morgan fingerprint density at radius 2 is 2.14 bits per heavy atom. The fourth-order valence-electron chi connectivity index (χ4n) is 2.60. The Morgan fingerprint density at radius 1 is 1.29 bits per heavy atom. The molecule has 0 bridgehead atoms. The van der Waals surface area contributed by atoms with E-state index in [0.29, 0.717) is 12.6 Å². The van der Waals surface area contributed by atoms with Crippen LogP contribution >= 0.6 is 0 Å². The number of amides is 2. The van der Waals surface area contributed by atoms with Crippen LogP contribution in [0.4, 0.5) is 4.79 Å². The average Bonchev–Trinajstić information content (AvgIpc) is 3.19. The zero-order chi connectivity index (χ0) is 14.5. The maximum Gasteiger partial charge on any atom is 0.315 e. The van der Waals surface area contributed by atoms with Crippen molar-refractivity contribution >= 4 is 6.03 Å². The summed E-state index contributed by atoms with van der Waals surface area (Å²) >= 11 is 0. The van der Waals surface area contributed by atoms with Gasteiger partial charge in [-0.25, -0.2) is 4.79 Å². The molecule has 0 unspecified atom stereocenters. The molecule has 5 nitrogen and oxygen atoms in total. The van der Waals surface area contributed by atoms with E-state index >= 15 is 0 Å². The standard InChI is InChI=1S/C16H19N3O2/c20-16(19-14-3-1-2-4-14)18-10-12-5-6-15(17-9-12)13-7-8-21-11-13/h5-9,11,14H,1-4,10H2,(H2,18,19,20). The monoisotopic (exact) mass is 285 g/mol. The molecule has 2 aromatic rings. The summed E-state index contributed by atoms with van der Waals surface area (Å²) in [5, 5.41) is 5.87. The highest BCUT2D eigenvalue weighted by Gasteiger charge is 2.16. The molecule has 0 saturated heterocycles. The first kappa shape index (κ1) is 13.7. The molecule has 21 heavy (non-hydrogen) atoms. The van der Waals surface area contributed by atoms with Gasteiger partial charge in [0, 0.05) is 24.3 Å². The Labute approximate surface area is 123 Å². The molecule has 0 radical (unpaired) electrons. The van der Waals surface area contributed by atoms with Gasteiger partial charge in [-0.2, -0.15) is 0 Å². The zero-order valence-corrected chi connectivity index (χ0v) is 11.8. The molecule has 0 aromatic carbocycles. The lowest BCUT2D eigenvalue weighted by Crippen LogP contribution is -2.40. The normalized spacial score (nSPS) is 15.0. The molecule has 1 aliphatic rings. The minimum atomic E-state index is -0.0965. The summed E-state index contributed by atoms with van der Waals surface area (Å²) in [5.74, 6) is 0. The second-order valence-electron chi connectivity index (χ2n) is 5.37. The lowest BCUT2D eigenvalue weighted by Gasteiger charge is -2.12. The number of carbonyl (C=O) groups excluding carboxylic acids is 1. The van der Waals surface area contributed by atoms with Gasteiger partial charge in [0.15, 0.2) is 0 Å². The molecular weight excluding hydrogens is 266 g/mol. The van der Waals surface area contributed by atoms with Crippen LogP contribution in [0, 0.1) is 0 Å². The smallest absolute Gasteiger partial charge is 0.315 e. The van der Waals surface area contributed by atoms with E-state index in [1.165, 1.54) is 12.8 Å². The minimum absolute atomic E-state index is 0.0965. The van der Waals surface area contributed by atoms with Crippen molar-refractivity contribution in [2.24, 2.45) is 0 Å². The fourth-order valence-corrected chi connectivity index (χ4v) is 2.60. The second kappa shape index (κ2) is 6.43. The number of urea groups is 1. The molecule has 2 N–H and O–H groups in total. The highest BCUT2D eigenvalue weighted by molar-refractivity contribution is 5.74. The van der Waals surface area contributed by atoms with Crippen molar-refractivity contribution in [1.29, 1.82) is 0 Å². The third kappa shape index (κ3) is 3.62. The van der Waals surface area contributed by atoms with Gasteiger partial charge in [-0.3, -0.25) is 4.98 Å². The molecule has 1 aliphatic carbocycles. The number of hydrogen-bond acceptors (Lipinski definition) is 3. The molecule has 0 spiro atoms. The topological polar surface area (TPSA) is 67.2 Å². The lowest BCUT2D eigenvalue weighted by atomic mass is 10.2. The quantitative estimate of drug-likeness (QED) is 0.907. The molecule has 5 heteroatoms. The van der Waals surface area contributed by atoms with Crippen molar-refractivity contribution < 1.29 is 9.21 Å². The van der Waals surface area contributed by atoms with E-state index in [0.717, 1.165) is 29.7 Å². The van der Waals surface area contributed by atoms with E-state index in [1.54, 1.807) is 18.7 Å². The molecular formula is C16H19N3O2. The van der Waals surface area contributed by atoms with Crippen LogP contribution in [0.3, 0.4) is 0 Å². The Balaban J connectivity index is 1.50. The molecule has 0 aliphatic heterocycles. The summed E-state index contributed by atoms with van der Waals surface area (Å²) in [5.41, 5.74) is 2.79. The van der Waals surface area contributed by atoms with Gasteiger partial charge in [-0.05, 0) is 30.5 Å². The van der Waals surface area contributed by atoms with Gasteiger partial charge in [-0.1, -0.05) is 18.9 Å². The van der Waals surface area contributed by atoms with Gasteiger partial charge in [0.1, 0.15) is 0 Å². The Kier molecular flexibility index (Phi) is 4.19. The summed E-state index contributed by atoms with van der Waals surface area (Å²) in [7, 11) is 0. The predicted octanol–water partition coefficient (Wildman–Crippen LogP) is 3.08. The highest BCUT2D eigenvalue weighted by Crippen LogP contribution is 2.18. The molecule has 1 saturated carbocycles. The molecule has 3 rings (SSSR count). The van der Waals surface area contributed by atoms with Gasteiger partial charge in [0.05, 0.1) is 18.2 Å². The summed E-state index contributed by atoms with van der Waals surface area (Å²) in [6.07, 6.45) is 9.67. The number of pyridine rings is 1. The third-order valence-corrected chi connectivity index (χ3v) is 3.79. The number of hydrogen-bond donors (Lipinski definition) is 2. The van der Waals surface area contributed by atoms with E-state index in [2.05, 4.69) is 15.6 Å². The number of carbonyl (C=O) groups is 1. The summed E-state index contributed by atoms with van der Waals surface area (Å²) in [6.45, 7) is 0.483. The predicted molar refractivity (Wildman–Crippen MR) is 79.6 cm³/mol. The summed E-state index contributed by atoms with van der Waals surface area (Å²) in [6, 6.07) is 6.00. The van der Waals surface area contributed by atoms with Crippen molar-refractivity contribution in [1.82, 2.24) is 15.6 Å². The van der Waals surface area contributed by atoms with Crippen LogP contribution in [-0.2, 0) is 6.54 Å². The number of rotatable bonds is 4. The number of nitrogens with zero attached hydrogens (tertiary/aromatic N) is 1. The summed E-state index contributed by atoms with van der Waals surface area (Å²) in [4.78, 5) is 16.1. The van der Waals surface area contributed by atoms with Crippen LogP contribution in [0.25, 0.3) is 11.3 Å². The second-order valence-corrected chi connectivity index (χ2v) is 5.37. The minimum Gasteiger partial charge on any atom is -0.472 e. The first-order chi connectivity index (χ1) is 10.3. The van der Waals surface area contributed by atoms with Gasteiger partial charge >= 0.3 is 6.03 Å². The van der Waals surface area contributed by atoms with Gasteiger partial charge in [0.2, 0.25) is 0 Å². The first-order valence-electron chi connectivity index (χ1n) is 7.33. The zero-order valence-electron chi connectivity index (χ0n) is 11.8. The highest BCUT2D eigenvalue weighted by atomic mass is 16.3. The molecule has 2 amide bonds. The van der Waals surface area contributed by atoms with Crippen LogP contribution in [0.2, 0.25) is 0 Å². The van der Waals surface area contributed by atoms with Crippen molar-refractivity contribution in [3.8, 4) is 11.3 Å². The van der Waals surface area contributed by atoms with E-state index < -0.39 is 0 Å². The van der Waals surface area contributed by atoms with Gasteiger partial charge < -0.3 is 15.1 Å². The van der Waals surface area contributed by atoms with Crippen molar-refractivity contribution in [2.45, 2.75) is 38.3 Å². The maximum absolute atomic E-state index is 11.8. The fraction of sp³-hybridized carbons (Fsp3) is 0.375. The SMILES string of the molecule is O=C(NCc1ccc(-c2ccoc2)nc1)NC1CCCC1. The van der Waals surface area contributed by atoms with E-state index in [9.17, 15) is 4.79 Å². The Morgan fingerprint density at radius 3 is 2.81 bits per heavy atom. The number of aromatic nitrogens is 1. The lowest BCUT2D eigenvalue weighted by molar-refractivity contribution is 0.236. The van der Waals surface area contributed by atoms with Crippen molar-refractivity contribution in [3.05, 3.63) is 42.5 Å². The van der Waals surface area contributed by atoms with Gasteiger partial charge in [-0.15, -0.1) is 0 Å². The largest absolute Gasteiger partial charge is 0.472 e. The van der Waals surface area contributed by atoms with Crippen LogP contribution < -0.4 is 10.6 Å². The number of furan rings is 1. The Hall–Kier alpha value is -2.30. The van der Waals surface area contributed by atoms with Gasteiger partial charge in [0.25, 0.3) is 0 Å². The van der Waals surface area contributed by atoms with Crippen molar-refractivity contribution in [2.75, 3.05) is 0 Å². The third-order valence-electron chi connectivity index (χ3n) is 3.79. The summed E-state index contributed by atoms with van der Waals surface area (Å²) < 4.78 is 5.04. The average molecular weight is 285 g/mol. The number of nitrogens with one attached hydrogen (secondary N) is 2. The van der Waals surface area contributed by atoms with E-state index in [4.69, 9.17) is 4.42 Å². The van der Waals surface area contributed by atoms with E-state index in [1.807, 2.05) is 18.2 Å². The molecule has 2 aromatic heterocycles.